The van der Waals surface area contributed by atoms with E-state index in [2.05, 4.69) is 16.0 Å². The van der Waals surface area contributed by atoms with Crippen LogP contribution in [0, 0.1) is 0 Å². The maximum Gasteiger partial charge on any atom is 0.251 e. The molecular formula is C19H23N3O4. The fourth-order valence-corrected chi connectivity index (χ4v) is 2.28. The van der Waals surface area contributed by atoms with E-state index in [0.717, 1.165) is 5.69 Å². The van der Waals surface area contributed by atoms with Gasteiger partial charge in [-0.1, -0.05) is 18.2 Å². The summed E-state index contributed by atoms with van der Waals surface area (Å²) in [6, 6.07) is 14.1. The van der Waals surface area contributed by atoms with E-state index < -0.39 is 0 Å². The number of hydrogen-bond donors (Lipinski definition) is 3. The molecule has 0 aliphatic carbocycles. The summed E-state index contributed by atoms with van der Waals surface area (Å²) in [5, 5.41) is 8.53. The molecule has 0 aliphatic rings. The lowest BCUT2D eigenvalue weighted by Gasteiger charge is -2.11. The smallest absolute Gasteiger partial charge is 0.251 e. The first-order chi connectivity index (χ1) is 12.6. The predicted octanol–water partition coefficient (Wildman–Crippen LogP) is 2.12. The van der Waals surface area contributed by atoms with Crippen molar-refractivity contribution in [1.29, 1.82) is 0 Å². The van der Waals surface area contributed by atoms with Crippen LogP contribution in [-0.2, 0) is 9.53 Å². The lowest BCUT2D eigenvalue weighted by atomic mass is 10.2. The Labute approximate surface area is 152 Å². The molecule has 0 heterocycles. The molecule has 3 N–H and O–H groups in total. The topological polar surface area (TPSA) is 88.7 Å². The highest BCUT2D eigenvalue weighted by Crippen LogP contribution is 2.22. The molecule has 0 atom stereocenters. The third-order valence-corrected chi connectivity index (χ3v) is 3.55. The molecule has 0 fully saturated rings. The molecule has 7 nitrogen and oxygen atoms in total. The molecule has 2 amide bonds. The summed E-state index contributed by atoms with van der Waals surface area (Å²) in [5.41, 5.74) is 1.75. The van der Waals surface area contributed by atoms with Crippen molar-refractivity contribution in [1.82, 2.24) is 5.32 Å². The van der Waals surface area contributed by atoms with Crippen molar-refractivity contribution in [3.05, 3.63) is 54.1 Å². The van der Waals surface area contributed by atoms with Gasteiger partial charge >= 0.3 is 0 Å². The van der Waals surface area contributed by atoms with Crippen molar-refractivity contribution in [2.24, 2.45) is 0 Å². The van der Waals surface area contributed by atoms with Crippen LogP contribution >= 0.6 is 0 Å². The SMILES string of the molecule is COCCNC(=O)c1cccc(NC(=O)CNc2ccccc2OC)c1. The predicted molar refractivity (Wildman–Crippen MR) is 101 cm³/mol. The molecule has 7 heteroatoms. The molecule has 2 aromatic rings. The summed E-state index contributed by atoms with van der Waals surface area (Å²) in [4.78, 5) is 24.2. The Bertz CT molecular complexity index is 749. The number of methoxy groups -OCH3 is 2. The third kappa shape index (κ3) is 5.78. The summed E-state index contributed by atoms with van der Waals surface area (Å²) < 4.78 is 10.1. The lowest BCUT2D eigenvalue weighted by Crippen LogP contribution is -2.27. The normalized spacial score (nSPS) is 10.1. The van der Waals surface area contributed by atoms with Gasteiger partial charge in [0, 0.05) is 24.9 Å². The number of nitrogens with one attached hydrogen (secondary N) is 3. The Hall–Kier alpha value is -3.06. The summed E-state index contributed by atoms with van der Waals surface area (Å²) in [6.07, 6.45) is 0. The van der Waals surface area contributed by atoms with Crippen molar-refractivity contribution < 1.29 is 19.1 Å². The first-order valence-electron chi connectivity index (χ1n) is 8.18. The number of benzene rings is 2. The molecule has 2 aromatic carbocycles. The molecule has 0 radical (unpaired) electrons. The van der Waals surface area contributed by atoms with Gasteiger partial charge in [-0.3, -0.25) is 9.59 Å². The third-order valence-electron chi connectivity index (χ3n) is 3.55. The average molecular weight is 357 g/mol. The van der Waals surface area contributed by atoms with Crippen LogP contribution in [-0.4, -0.2) is 45.7 Å². The lowest BCUT2D eigenvalue weighted by molar-refractivity contribution is -0.114. The molecular weight excluding hydrogens is 334 g/mol. The molecule has 0 aromatic heterocycles. The monoisotopic (exact) mass is 357 g/mol. The van der Waals surface area contributed by atoms with Gasteiger partial charge in [-0.2, -0.15) is 0 Å². The zero-order valence-electron chi connectivity index (χ0n) is 14.9. The van der Waals surface area contributed by atoms with Gasteiger partial charge in [0.2, 0.25) is 5.91 Å². The summed E-state index contributed by atoms with van der Waals surface area (Å²) in [6.45, 7) is 0.941. The molecule has 0 saturated carbocycles. The second-order valence-electron chi connectivity index (χ2n) is 5.43. The van der Waals surface area contributed by atoms with Crippen molar-refractivity contribution in [2.45, 2.75) is 0 Å². The number of carbonyl (C=O) groups excluding carboxylic acids is 2. The first kappa shape index (κ1) is 19.3. The Balaban J connectivity index is 1.90. The van der Waals surface area contributed by atoms with E-state index in [9.17, 15) is 9.59 Å². The fraction of sp³-hybridized carbons (Fsp3) is 0.263. The maximum atomic E-state index is 12.1. The van der Waals surface area contributed by atoms with Gasteiger partial charge in [-0.05, 0) is 30.3 Å². The molecule has 138 valence electrons. The van der Waals surface area contributed by atoms with Gasteiger partial charge in [0.25, 0.3) is 5.91 Å². The molecule has 0 aliphatic heterocycles. The Kier molecular flexibility index (Phi) is 7.45. The standard InChI is InChI=1S/C19H23N3O4/c1-25-11-10-20-19(24)14-6-5-7-15(12-14)22-18(23)13-21-16-8-3-4-9-17(16)26-2/h3-9,12,21H,10-11,13H2,1-2H3,(H,20,24)(H,22,23). The van der Waals surface area contributed by atoms with E-state index in [1.165, 1.54) is 0 Å². The Morgan fingerprint density at radius 1 is 1.04 bits per heavy atom. The second kappa shape index (κ2) is 10.0. The van der Waals surface area contributed by atoms with Gasteiger partial charge in [-0.25, -0.2) is 0 Å². The minimum atomic E-state index is -0.229. The molecule has 0 saturated heterocycles. The van der Waals surface area contributed by atoms with Crippen molar-refractivity contribution in [3.8, 4) is 5.75 Å². The average Bonchev–Trinajstić information content (AvgIpc) is 2.67. The number of rotatable bonds is 9. The van der Waals surface area contributed by atoms with E-state index in [-0.39, 0.29) is 18.4 Å². The first-order valence-corrected chi connectivity index (χ1v) is 8.18. The highest BCUT2D eigenvalue weighted by molar-refractivity contribution is 5.98. The van der Waals surface area contributed by atoms with Crippen LogP contribution in [0.2, 0.25) is 0 Å². The maximum absolute atomic E-state index is 12.1. The highest BCUT2D eigenvalue weighted by Gasteiger charge is 2.08. The summed E-state index contributed by atoms with van der Waals surface area (Å²) >= 11 is 0. The molecule has 0 unspecified atom stereocenters. The van der Waals surface area contributed by atoms with E-state index >= 15 is 0 Å². The Morgan fingerprint density at radius 3 is 2.62 bits per heavy atom. The quantitative estimate of drug-likeness (QED) is 0.598. The summed E-state index contributed by atoms with van der Waals surface area (Å²) in [7, 11) is 3.14. The number of para-hydroxylation sites is 2. The zero-order chi connectivity index (χ0) is 18.8. The van der Waals surface area contributed by atoms with E-state index in [4.69, 9.17) is 9.47 Å². The van der Waals surface area contributed by atoms with E-state index in [1.54, 1.807) is 38.5 Å². The summed E-state index contributed by atoms with van der Waals surface area (Å²) in [5.74, 6) is 0.216. The number of hydrogen-bond acceptors (Lipinski definition) is 5. The fourth-order valence-electron chi connectivity index (χ4n) is 2.28. The van der Waals surface area contributed by atoms with E-state index in [1.807, 2.05) is 24.3 Å². The van der Waals surface area contributed by atoms with Crippen LogP contribution in [0.3, 0.4) is 0 Å². The van der Waals surface area contributed by atoms with Crippen LogP contribution in [0.1, 0.15) is 10.4 Å². The van der Waals surface area contributed by atoms with Crippen LogP contribution in [0.25, 0.3) is 0 Å². The van der Waals surface area contributed by atoms with Gasteiger partial charge in [0.15, 0.2) is 0 Å². The van der Waals surface area contributed by atoms with Crippen LogP contribution in [0.5, 0.6) is 5.75 Å². The minimum absolute atomic E-state index is 0.0740. The van der Waals surface area contributed by atoms with Crippen molar-refractivity contribution in [2.75, 3.05) is 44.5 Å². The minimum Gasteiger partial charge on any atom is -0.495 e. The number of ether oxygens (including phenoxy) is 2. The van der Waals surface area contributed by atoms with Gasteiger partial charge in [-0.15, -0.1) is 0 Å². The van der Waals surface area contributed by atoms with Crippen LogP contribution in [0.15, 0.2) is 48.5 Å². The van der Waals surface area contributed by atoms with Crippen LogP contribution in [0.4, 0.5) is 11.4 Å². The van der Waals surface area contributed by atoms with Crippen molar-refractivity contribution >= 4 is 23.2 Å². The molecule has 2 rings (SSSR count). The number of carbonyl (C=O) groups is 2. The molecule has 0 spiro atoms. The number of anilines is 2. The largest absolute Gasteiger partial charge is 0.495 e. The van der Waals surface area contributed by atoms with Gasteiger partial charge in [0.05, 0.1) is 25.9 Å². The second-order valence-corrected chi connectivity index (χ2v) is 5.43. The highest BCUT2D eigenvalue weighted by atomic mass is 16.5. The van der Waals surface area contributed by atoms with Crippen molar-refractivity contribution in [3.63, 3.8) is 0 Å². The molecule has 26 heavy (non-hydrogen) atoms. The molecule has 0 bridgehead atoms. The zero-order valence-corrected chi connectivity index (χ0v) is 14.9. The van der Waals surface area contributed by atoms with E-state index in [0.29, 0.717) is 30.2 Å². The Morgan fingerprint density at radius 2 is 1.85 bits per heavy atom. The van der Waals surface area contributed by atoms with Crippen LogP contribution < -0.4 is 20.7 Å². The number of amides is 2. The van der Waals surface area contributed by atoms with Gasteiger partial charge < -0.3 is 25.4 Å². The van der Waals surface area contributed by atoms with Gasteiger partial charge in [0.1, 0.15) is 5.75 Å².